The highest BCUT2D eigenvalue weighted by Gasteiger charge is 2.47. The highest BCUT2D eigenvalue weighted by molar-refractivity contribution is 5.68. The van der Waals surface area contributed by atoms with Gasteiger partial charge in [-0.2, -0.15) is 0 Å². The van der Waals surface area contributed by atoms with Crippen LogP contribution in [-0.4, -0.2) is 34.6 Å². The molecule has 1 aliphatic heterocycles. The molecule has 1 unspecified atom stereocenters. The second-order valence-electron chi connectivity index (χ2n) is 7.04. The van der Waals surface area contributed by atoms with E-state index in [1.54, 1.807) is 0 Å². The molecule has 2 fully saturated rings. The summed E-state index contributed by atoms with van der Waals surface area (Å²) in [4.78, 5) is 13.8. The van der Waals surface area contributed by atoms with Crippen LogP contribution in [0.4, 0.5) is 0 Å². The van der Waals surface area contributed by atoms with Crippen LogP contribution in [0.2, 0.25) is 0 Å². The fourth-order valence-electron chi connectivity index (χ4n) is 4.00. The van der Waals surface area contributed by atoms with Gasteiger partial charge >= 0.3 is 5.97 Å². The van der Waals surface area contributed by atoms with Crippen LogP contribution in [0.15, 0.2) is 0 Å². The number of nitrogens with zero attached hydrogens (tertiary/aromatic N) is 1. The molecule has 1 saturated carbocycles. The van der Waals surface area contributed by atoms with E-state index in [1.807, 2.05) is 0 Å². The number of likely N-dealkylation sites (tertiary alicyclic amines) is 1. The molecule has 3 nitrogen and oxygen atoms in total. The van der Waals surface area contributed by atoms with Crippen LogP contribution in [-0.2, 0) is 4.79 Å². The molecule has 2 rings (SSSR count). The van der Waals surface area contributed by atoms with Crippen molar-refractivity contribution in [1.82, 2.24) is 4.90 Å². The van der Waals surface area contributed by atoms with Gasteiger partial charge < -0.3 is 5.11 Å². The highest BCUT2D eigenvalue weighted by atomic mass is 16.4. The Bertz CT molecular complexity index is 306. The SMILES string of the molecule is CC1(C)CCC(CC(=O)O)(N2CCCCCC2)C1. The van der Waals surface area contributed by atoms with E-state index in [-0.39, 0.29) is 5.54 Å². The second kappa shape index (κ2) is 5.20. The van der Waals surface area contributed by atoms with Crippen molar-refractivity contribution in [2.75, 3.05) is 13.1 Å². The fraction of sp³-hybridized carbons (Fsp3) is 0.933. The van der Waals surface area contributed by atoms with Crippen molar-refractivity contribution < 1.29 is 9.90 Å². The predicted molar refractivity (Wildman–Crippen MR) is 72.7 cm³/mol. The Morgan fingerprint density at radius 1 is 1.11 bits per heavy atom. The van der Waals surface area contributed by atoms with Crippen molar-refractivity contribution in [1.29, 1.82) is 0 Å². The Balaban J connectivity index is 2.16. The van der Waals surface area contributed by atoms with Gasteiger partial charge in [0.05, 0.1) is 6.42 Å². The molecule has 0 aromatic heterocycles. The zero-order valence-corrected chi connectivity index (χ0v) is 11.9. The zero-order chi connectivity index (χ0) is 13.2. The lowest BCUT2D eigenvalue weighted by molar-refractivity contribution is -0.140. The van der Waals surface area contributed by atoms with Crippen molar-refractivity contribution in [3.63, 3.8) is 0 Å². The van der Waals surface area contributed by atoms with E-state index < -0.39 is 5.97 Å². The number of carbonyl (C=O) groups is 1. The van der Waals surface area contributed by atoms with Gasteiger partial charge in [0.1, 0.15) is 0 Å². The average molecular weight is 253 g/mol. The molecule has 2 aliphatic rings. The molecule has 1 N–H and O–H groups in total. The highest BCUT2D eigenvalue weighted by Crippen LogP contribution is 2.48. The zero-order valence-electron chi connectivity index (χ0n) is 11.9. The van der Waals surface area contributed by atoms with Crippen LogP contribution in [0.3, 0.4) is 0 Å². The quantitative estimate of drug-likeness (QED) is 0.839. The number of hydrogen-bond acceptors (Lipinski definition) is 2. The molecule has 1 aliphatic carbocycles. The number of aliphatic carboxylic acids is 1. The number of rotatable bonds is 3. The van der Waals surface area contributed by atoms with Gasteiger partial charge in [0.2, 0.25) is 0 Å². The standard InChI is InChI=1S/C15H27NO2/c1-14(2)7-8-15(12-14,11-13(17)18)16-9-5-3-4-6-10-16/h3-12H2,1-2H3,(H,17,18). The Morgan fingerprint density at radius 3 is 2.17 bits per heavy atom. The minimum Gasteiger partial charge on any atom is -0.481 e. The lowest BCUT2D eigenvalue weighted by atomic mass is 9.84. The van der Waals surface area contributed by atoms with E-state index in [2.05, 4.69) is 18.7 Å². The van der Waals surface area contributed by atoms with Gasteiger partial charge in [-0.15, -0.1) is 0 Å². The minimum atomic E-state index is -0.628. The largest absolute Gasteiger partial charge is 0.481 e. The molecule has 0 bridgehead atoms. The van der Waals surface area contributed by atoms with Crippen LogP contribution >= 0.6 is 0 Å². The van der Waals surface area contributed by atoms with Gasteiger partial charge in [-0.05, 0) is 50.6 Å². The maximum atomic E-state index is 11.3. The molecule has 1 atom stereocenters. The lowest BCUT2D eigenvalue weighted by Gasteiger charge is -2.41. The third-order valence-electron chi connectivity index (χ3n) is 4.83. The van der Waals surface area contributed by atoms with E-state index >= 15 is 0 Å². The minimum absolute atomic E-state index is 0.0559. The molecular weight excluding hydrogens is 226 g/mol. The number of carboxylic acids is 1. The van der Waals surface area contributed by atoms with E-state index in [0.29, 0.717) is 11.8 Å². The first-order chi connectivity index (χ1) is 8.44. The third-order valence-corrected chi connectivity index (χ3v) is 4.83. The summed E-state index contributed by atoms with van der Waals surface area (Å²) in [5.41, 5.74) is 0.251. The number of hydrogen-bond donors (Lipinski definition) is 1. The van der Waals surface area contributed by atoms with Gasteiger partial charge in [0, 0.05) is 5.54 Å². The Kier molecular flexibility index (Phi) is 4.00. The normalized spacial score (nSPS) is 33.2. The van der Waals surface area contributed by atoms with Crippen LogP contribution in [0.5, 0.6) is 0 Å². The first-order valence-electron chi connectivity index (χ1n) is 7.41. The summed E-state index contributed by atoms with van der Waals surface area (Å²) in [6, 6.07) is 0. The summed E-state index contributed by atoms with van der Waals surface area (Å²) in [5.74, 6) is -0.628. The second-order valence-corrected chi connectivity index (χ2v) is 7.04. The van der Waals surface area contributed by atoms with Crippen molar-refractivity contribution in [2.45, 2.75) is 70.8 Å². The molecule has 104 valence electrons. The summed E-state index contributed by atoms with van der Waals surface area (Å²) in [6.07, 6.45) is 8.70. The summed E-state index contributed by atoms with van der Waals surface area (Å²) in [5, 5.41) is 9.28. The van der Waals surface area contributed by atoms with E-state index in [9.17, 15) is 9.90 Å². The van der Waals surface area contributed by atoms with E-state index in [1.165, 1.54) is 25.7 Å². The molecule has 0 aromatic rings. The molecule has 18 heavy (non-hydrogen) atoms. The first-order valence-corrected chi connectivity index (χ1v) is 7.41. The molecule has 0 radical (unpaired) electrons. The summed E-state index contributed by atoms with van der Waals surface area (Å²) < 4.78 is 0. The Morgan fingerprint density at radius 2 is 1.72 bits per heavy atom. The average Bonchev–Trinajstić information content (AvgIpc) is 2.50. The Labute approximate surface area is 111 Å². The summed E-state index contributed by atoms with van der Waals surface area (Å²) >= 11 is 0. The molecule has 0 spiro atoms. The molecular formula is C15H27NO2. The predicted octanol–water partition coefficient (Wildman–Crippen LogP) is 3.29. The van der Waals surface area contributed by atoms with Crippen molar-refractivity contribution in [3.05, 3.63) is 0 Å². The van der Waals surface area contributed by atoms with Crippen molar-refractivity contribution >= 4 is 5.97 Å². The van der Waals surface area contributed by atoms with Crippen molar-refractivity contribution in [3.8, 4) is 0 Å². The van der Waals surface area contributed by atoms with Gasteiger partial charge in [-0.3, -0.25) is 9.69 Å². The van der Waals surface area contributed by atoms with E-state index in [4.69, 9.17) is 0 Å². The number of carboxylic acid groups (broad SMARTS) is 1. The fourth-order valence-corrected chi connectivity index (χ4v) is 4.00. The first kappa shape index (κ1) is 13.9. The lowest BCUT2D eigenvalue weighted by Crippen LogP contribution is -2.49. The molecule has 0 amide bonds. The van der Waals surface area contributed by atoms with Gasteiger partial charge in [-0.1, -0.05) is 26.7 Å². The van der Waals surface area contributed by atoms with Crippen LogP contribution in [0, 0.1) is 5.41 Å². The summed E-state index contributed by atoms with van der Waals surface area (Å²) in [6.45, 7) is 6.77. The maximum Gasteiger partial charge on any atom is 0.305 e. The van der Waals surface area contributed by atoms with Crippen molar-refractivity contribution in [2.24, 2.45) is 5.41 Å². The van der Waals surface area contributed by atoms with Gasteiger partial charge in [0.15, 0.2) is 0 Å². The van der Waals surface area contributed by atoms with Crippen LogP contribution in [0.1, 0.15) is 65.2 Å². The topological polar surface area (TPSA) is 40.5 Å². The molecule has 3 heteroatoms. The van der Waals surface area contributed by atoms with Crippen LogP contribution < -0.4 is 0 Å². The summed E-state index contributed by atoms with van der Waals surface area (Å²) in [7, 11) is 0. The monoisotopic (exact) mass is 253 g/mol. The van der Waals surface area contributed by atoms with Gasteiger partial charge in [-0.25, -0.2) is 0 Å². The maximum absolute atomic E-state index is 11.3. The van der Waals surface area contributed by atoms with Crippen LogP contribution in [0.25, 0.3) is 0 Å². The third kappa shape index (κ3) is 3.05. The smallest absolute Gasteiger partial charge is 0.305 e. The van der Waals surface area contributed by atoms with Gasteiger partial charge in [0.25, 0.3) is 0 Å². The molecule has 1 heterocycles. The molecule has 0 aromatic carbocycles. The molecule has 1 saturated heterocycles. The van der Waals surface area contributed by atoms with E-state index in [0.717, 1.165) is 32.4 Å². The Hall–Kier alpha value is -0.570.